The maximum atomic E-state index is 5.33. The van der Waals surface area contributed by atoms with Crippen LogP contribution in [0.2, 0.25) is 0 Å². The summed E-state index contributed by atoms with van der Waals surface area (Å²) in [5.74, 6) is 0.784. The van der Waals surface area contributed by atoms with Gasteiger partial charge in [0.05, 0.1) is 6.61 Å². The van der Waals surface area contributed by atoms with E-state index in [-0.39, 0.29) is 0 Å². The van der Waals surface area contributed by atoms with E-state index in [0.29, 0.717) is 6.61 Å². The highest BCUT2D eigenvalue weighted by molar-refractivity contribution is 9.10. The number of nitrogens with zero attached hydrogens (tertiary/aromatic N) is 1. The van der Waals surface area contributed by atoms with Crippen molar-refractivity contribution < 1.29 is 4.74 Å². The van der Waals surface area contributed by atoms with Crippen molar-refractivity contribution in [3.63, 3.8) is 0 Å². The van der Waals surface area contributed by atoms with Crippen molar-refractivity contribution in [2.45, 2.75) is 0 Å². The van der Waals surface area contributed by atoms with Gasteiger partial charge in [0, 0.05) is 11.5 Å². The monoisotopic (exact) mass is 279 g/mol. The number of hydrogen-bond donors (Lipinski definition) is 0. The summed E-state index contributed by atoms with van der Waals surface area (Å²) in [6.07, 6.45) is 1.71. The first-order valence-corrected chi connectivity index (χ1v) is 5.05. The first-order valence-electron chi connectivity index (χ1n) is 3.14. The van der Waals surface area contributed by atoms with Gasteiger partial charge in [0.15, 0.2) is 5.75 Å². The molecule has 1 rings (SSSR count). The summed E-state index contributed by atoms with van der Waals surface area (Å²) >= 11 is 6.55. The molecule has 0 aliphatic carbocycles. The third kappa shape index (κ3) is 2.79. The van der Waals surface area contributed by atoms with Crippen molar-refractivity contribution in [2.24, 2.45) is 0 Å². The third-order valence-electron chi connectivity index (χ3n) is 1.06. The molecular weight excluding hydrogens is 274 g/mol. The van der Waals surface area contributed by atoms with Gasteiger partial charge in [-0.3, -0.25) is 0 Å². The highest BCUT2D eigenvalue weighted by atomic mass is 79.9. The maximum absolute atomic E-state index is 5.33. The van der Waals surface area contributed by atoms with Crippen molar-refractivity contribution in [2.75, 3.05) is 11.9 Å². The van der Waals surface area contributed by atoms with Gasteiger partial charge in [0.1, 0.15) is 4.60 Å². The fraction of sp³-hybridized carbons (Fsp3) is 0.286. The van der Waals surface area contributed by atoms with E-state index in [1.807, 2.05) is 12.1 Å². The van der Waals surface area contributed by atoms with Crippen LogP contribution in [-0.4, -0.2) is 16.9 Å². The molecule has 4 heteroatoms. The average molecular weight is 281 g/mol. The summed E-state index contributed by atoms with van der Waals surface area (Å²) in [4.78, 5) is 4.01. The molecule has 1 heterocycles. The predicted molar refractivity (Wildman–Crippen MR) is 51.2 cm³/mol. The van der Waals surface area contributed by atoms with Crippen LogP contribution < -0.4 is 4.74 Å². The van der Waals surface area contributed by atoms with Crippen molar-refractivity contribution >= 4 is 31.9 Å². The van der Waals surface area contributed by atoms with E-state index < -0.39 is 0 Å². The Balaban J connectivity index is 2.62. The number of alkyl halides is 1. The summed E-state index contributed by atoms with van der Waals surface area (Å²) in [5.41, 5.74) is 0. The zero-order valence-electron chi connectivity index (χ0n) is 5.76. The van der Waals surface area contributed by atoms with E-state index in [0.717, 1.165) is 15.7 Å². The minimum absolute atomic E-state index is 0.657. The number of rotatable bonds is 3. The molecule has 0 aliphatic heterocycles. The maximum Gasteiger partial charge on any atom is 0.152 e. The van der Waals surface area contributed by atoms with Crippen LogP contribution in [0.15, 0.2) is 22.9 Å². The Morgan fingerprint density at radius 3 is 3.00 bits per heavy atom. The summed E-state index contributed by atoms with van der Waals surface area (Å²) < 4.78 is 6.08. The van der Waals surface area contributed by atoms with Crippen LogP contribution in [0.4, 0.5) is 0 Å². The lowest BCUT2D eigenvalue weighted by Crippen LogP contribution is -1.98. The molecule has 0 atom stereocenters. The molecule has 1 aromatic rings. The quantitative estimate of drug-likeness (QED) is 0.627. The van der Waals surface area contributed by atoms with Gasteiger partial charge in [-0.05, 0) is 28.1 Å². The molecule has 0 saturated carbocycles. The topological polar surface area (TPSA) is 22.1 Å². The van der Waals surface area contributed by atoms with Gasteiger partial charge in [-0.2, -0.15) is 0 Å². The molecule has 1 aromatic heterocycles. The molecular formula is C7H7Br2NO. The fourth-order valence-electron chi connectivity index (χ4n) is 0.627. The molecule has 0 saturated heterocycles. The van der Waals surface area contributed by atoms with Gasteiger partial charge < -0.3 is 4.74 Å². The van der Waals surface area contributed by atoms with Gasteiger partial charge in [-0.1, -0.05) is 15.9 Å². The van der Waals surface area contributed by atoms with Crippen LogP contribution in [0, 0.1) is 0 Å². The molecule has 0 fully saturated rings. The second-order valence-electron chi connectivity index (χ2n) is 1.83. The number of ether oxygens (including phenoxy) is 1. The van der Waals surface area contributed by atoms with E-state index in [1.54, 1.807) is 6.20 Å². The second-order valence-corrected chi connectivity index (χ2v) is 3.37. The predicted octanol–water partition coefficient (Wildman–Crippen LogP) is 2.62. The molecule has 0 radical (unpaired) electrons. The average Bonchev–Trinajstić information content (AvgIpc) is 2.03. The van der Waals surface area contributed by atoms with Crippen LogP contribution in [-0.2, 0) is 0 Å². The number of hydrogen-bond acceptors (Lipinski definition) is 2. The van der Waals surface area contributed by atoms with E-state index in [4.69, 9.17) is 4.74 Å². The fourth-order valence-corrected chi connectivity index (χ4v) is 1.15. The molecule has 0 unspecified atom stereocenters. The van der Waals surface area contributed by atoms with Crippen LogP contribution in [0.5, 0.6) is 5.75 Å². The van der Waals surface area contributed by atoms with Crippen LogP contribution in [0.3, 0.4) is 0 Å². The zero-order valence-corrected chi connectivity index (χ0v) is 8.93. The number of aromatic nitrogens is 1. The van der Waals surface area contributed by atoms with Crippen LogP contribution in [0.1, 0.15) is 0 Å². The Kier molecular flexibility index (Phi) is 3.86. The number of halogens is 2. The largest absolute Gasteiger partial charge is 0.490 e. The standard InChI is InChI=1S/C7H7Br2NO/c8-3-5-11-6-2-1-4-10-7(6)9/h1-2,4H,3,5H2. The lowest BCUT2D eigenvalue weighted by molar-refractivity contribution is 0.341. The highest BCUT2D eigenvalue weighted by Gasteiger charge is 1.98. The molecule has 0 spiro atoms. The van der Waals surface area contributed by atoms with E-state index >= 15 is 0 Å². The van der Waals surface area contributed by atoms with Gasteiger partial charge in [0.2, 0.25) is 0 Å². The first kappa shape index (κ1) is 9.00. The van der Waals surface area contributed by atoms with E-state index in [2.05, 4.69) is 36.8 Å². The molecule has 11 heavy (non-hydrogen) atoms. The van der Waals surface area contributed by atoms with Crippen LogP contribution in [0.25, 0.3) is 0 Å². The normalized spacial score (nSPS) is 9.64. The minimum Gasteiger partial charge on any atom is -0.490 e. The smallest absolute Gasteiger partial charge is 0.152 e. The summed E-state index contributed by atoms with van der Waals surface area (Å²) in [7, 11) is 0. The van der Waals surface area contributed by atoms with E-state index in [9.17, 15) is 0 Å². The molecule has 60 valence electrons. The lowest BCUT2D eigenvalue weighted by Gasteiger charge is -2.03. The van der Waals surface area contributed by atoms with Gasteiger partial charge in [-0.15, -0.1) is 0 Å². The highest BCUT2D eigenvalue weighted by Crippen LogP contribution is 2.20. The van der Waals surface area contributed by atoms with Crippen LogP contribution >= 0.6 is 31.9 Å². The van der Waals surface area contributed by atoms with Crippen molar-refractivity contribution in [1.29, 1.82) is 0 Å². The van der Waals surface area contributed by atoms with Crippen molar-refractivity contribution in [1.82, 2.24) is 4.98 Å². The van der Waals surface area contributed by atoms with Gasteiger partial charge in [-0.25, -0.2) is 4.98 Å². The lowest BCUT2D eigenvalue weighted by atomic mass is 10.5. The van der Waals surface area contributed by atoms with Crippen molar-refractivity contribution in [3.05, 3.63) is 22.9 Å². The first-order chi connectivity index (χ1) is 5.34. The summed E-state index contributed by atoms with van der Waals surface area (Å²) in [5, 5.41) is 0.828. The molecule has 0 amide bonds. The Labute approximate surface area is 82.2 Å². The van der Waals surface area contributed by atoms with E-state index in [1.165, 1.54) is 0 Å². The molecule has 2 nitrogen and oxygen atoms in total. The summed E-state index contributed by atoms with van der Waals surface area (Å²) in [6.45, 7) is 0.657. The Bertz CT molecular complexity index is 229. The van der Waals surface area contributed by atoms with Crippen molar-refractivity contribution in [3.8, 4) is 5.75 Å². The second kappa shape index (κ2) is 4.72. The molecule has 0 aromatic carbocycles. The van der Waals surface area contributed by atoms with Gasteiger partial charge >= 0.3 is 0 Å². The summed E-state index contributed by atoms with van der Waals surface area (Å²) in [6, 6.07) is 3.72. The molecule has 0 aliphatic rings. The Hall–Kier alpha value is -0.0900. The Morgan fingerprint density at radius 1 is 1.55 bits per heavy atom. The zero-order chi connectivity index (χ0) is 8.10. The SMILES string of the molecule is BrCCOc1cccnc1Br. The molecule has 0 N–H and O–H groups in total. The minimum atomic E-state index is 0.657. The van der Waals surface area contributed by atoms with Gasteiger partial charge in [0.25, 0.3) is 0 Å². The number of pyridine rings is 1. The molecule has 0 bridgehead atoms. The Morgan fingerprint density at radius 2 is 2.36 bits per heavy atom. The third-order valence-corrected chi connectivity index (χ3v) is 1.98.